The molecule has 0 unspecified atom stereocenters. The molecule has 4 aliphatic carbocycles. The van der Waals surface area contributed by atoms with Crippen molar-refractivity contribution in [3.63, 3.8) is 0 Å². The third-order valence-corrected chi connectivity index (χ3v) is 12.7. The first-order valence-corrected chi connectivity index (χ1v) is 22.2. The molecule has 0 atom stereocenters. The largest absolute Gasteiger partial charge is 0.493 e. The quantitative estimate of drug-likeness (QED) is 0.0453. The highest BCUT2D eigenvalue weighted by atomic mass is 16.5. The molecule has 0 aliphatic heterocycles. The summed E-state index contributed by atoms with van der Waals surface area (Å²) in [6.45, 7) is 14.0. The summed E-state index contributed by atoms with van der Waals surface area (Å²) in [4.78, 5) is 15.2. The summed E-state index contributed by atoms with van der Waals surface area (Å²) in [6, 6.07) is 13.1. The third kappa shape index (κ3) is 8.40. The van der Waals surface area contributed by atoms with Gasteiger partial charge in [0.1, 0.15) is 5.75 Å². The number of carbonyl (C=O) groups excluding carboxylic acids is 1. The SMILES string of the molecule is CCCCOc1cc2c3cc(OCCCC)c(OCCCC)cc3c3cc(C(=O)C45CC6CC(CC(C6)C4)C5)c(OCCCC)cc3c2cc1OCCCC. The topological polar surface area (TPSA) is 63.2 Å². The van der Waals surface area contributed by atoms with Gasteiger partial charge in [-0.1, -0.05) is 66.7 Å². The third-order valence-electron chi connectivity index (χ3n) is 12.7. The van der Waals surface area contributed by atoms with Crippen molar-refractivity contribution in [2.24, 2.45) is 23.2 Å². The number of carbonyl (C=O) groups is 1. The molecule has 6 nitrogen and oxygen atoms in total. The summed E-state index contributed by atoms with van der Waals surface area (Å²) in [5.41, 5.74) is 0.472. The Labute approximate surface area is 330 Å². The van der Waals surface area contributed by atoms with Crippen LogP contribution in [0.5, 0.6) is 28.7 Å². The minimum atomic E-state index is -0.280. The molecule has 4 bridgehead atoms. The van der Waals surface area contributed by atoms with Crippen LogP contribution in [-0.2, 0) is 0 Å². The molecule has 0 radical (unpaired) electrons. The van der Waals surface area contributed by atoms with Gasteiger partial charge < -0.3 is 23.7 Å². The number of fused-ring (bicyclic) bond motifs is 6. The Morgan fingerprint density at radius 3 is 1.04 bits per heavy atom. The van der Waals surface area contributed by atoms with E-state index < -0.39 is 0 Å². The van der Waals surface area contributed by atoms with E-state index in [0.29, 0.717) is 56.6 Å². The Balaban J connectivity index is 1.48. The lowest BCUT2D eigenvalue weighted by molar-refractivity contribution is -0.0354. The number of hydrogen-bond donors (Lipinski definition) is 0. The first-order chi connectivity index (χ1) is 26.9. The molecule has 8 rings (SSSR count). The van der Waals surface area contributed by atoms with Gasteiger partial charge in [0.05, 0.1) is 38.6 Å². The second kappa shape index (κ2) is 18.1. The fourth-order valence-corrected chi connectivity index (χ4v) is 10.1. The maximum absolute atomic E-state index is 15.2. The molecule has 0 spiro atoms. The van der Waals surface area contributed by atoms with Crippen LogP contribution < -0.4 is 23.7 Å². The number of rotatable bonds is 22. The first kappa shape index (κ1) is 39.6. The summed E-state index contributed by atoms with van der Waals surface area (Å²) in [7, 11) is 0. The molecule has 4 aromatic carbocycles. The maximum Gasteiger partial charge on any atom is 0.172 e. The van der Waals surface area contributed by atoms with Gasteiger partial charge in [0.2, 0.25) is 0 Å². The van der Waals surface area contributed by atoms with E-state index in [2.05, 4.69) is 71.0 Å². The van der Waals surface area contributed by atoms with E-state index in [-0.39, 0.29) is 5.41 Å². The molecule has 0 saturated heterocycles. The molecule has 0 aromatic heterocycles. The van der Waals surface area contributed by atoms with Crippen molar-refractivity contribution < 1.29 is 28.5 Å². The fourth-order valence-electron chi connectivity index (χ4n) is 10.1. The summed E-state index contributed by atoms with van der Waals surface area (Å²) >= 11 is 0. The van der Waals surface area contributed by atoms with Gasteiger partial charge in [-0.3, -0.25) is 4.79 Å². The van der Waals surface area contributed by atoms with Crippen molar-refractivity contribution in [3.05, 3.63) is 42.0 Å². The highest BCUT2D eigenvalue weighted by Gasteiger charge is 2.55. The van der Waals surface area contributed by atoms with Gasteiger partial charge in [0.15, 0.2) is 28.8 Å². The molecule has 55 heavy (non-hydrogen) atoms. The summed E-state index contributed by atoms with van der Waals surface area (Å²) < 4.78 is 32.7. The fraction of sp³-hybridized carbons (Fsp3) is 0.612. The smallest absolute Gasteiger partial charge is 0.172 e. The van der Waals surface area contributed by atoms with Gasteiger partial charge in [0, 0.05) is 5.41 Å². The number of unbranched alkanes of at least 4 members (excludes halogenated alkanes) is 5. The van der Waals surface area contributed by atoms with Crippen molar-refractivity contribution >= 4 is 38.1 Å². The van der Waals surface area contributed by atoms with Crippen molar-refractivity contribution in [1.29, 1.82) is 0 Å². The van der Waals surface area contributed by atoms with E-state index in [0.717, 1.165) is 150 Å². The van der Waals surface area contributed by atoms with E-state index in [4.69, 9.17) is 23.7 Å². The van der Waals surface area contributed by atoms with Gasteiger partial charge >= 0.3 is 0 Å². The van der Waals surface area contributed by atoms with Crippen LogP contribution in [0.2, 0.25) is 0 Å². The average Bonchev–Trinajstić information content (AvgIpc) is 3.18. The number of ketones is 1. The number of hydrogen-bond acceptors (Lipinski definition) is 6. The normalized spacial score (nSPS) is 21.4. The Kier molecular flexibility index (Phi) is 13.0. The first-order valence-electron chi connectivity index (χ1n) is 22.2. The molecule has 4 aromatic rings. The van der Waals surface area contributed by atoms with Crippen LogP contribution in [0.15, 0.2) is 36.4 Å². The van der Waals surface area contributed by atoms with Gasteiger partial charge in [-0.25, -0.2) is 0 Å². The van der Waals surface area contributed by atoms with Crippen molar-refractivity contribution in [1.82, 2.24) is 0 Å². The number of benzene rings is 4. The van der Waals surface area contributed by atoms with E-state index in [1.807, 2.05) is 0 Å². The highest BCUT2D eigenvalue weighted by Crippen LogP contribution is 2.61. The zero-order valence-corrected chi connectivity index (χ0v) is 34.5. The van der Waals surface area contributed by atoms with Gasteiger partial charge in [-0.05, 0) is 157 Å². The molecule has 0 N–H and O–H groups in total. The molecule has 4 aliphatic rings. The van der Waals surface area contributed by atoms with Crippen molar-refractivity contribution in [3.8, 4) is 28.7 Å². The Hall–Kier alpha value is -3.67. The standard InChI is InChI=1S/C49H66O6/c1-6-11-16-51-43-25-37-36(24-42(43)48(50)49-30-33-21-34(31-49)23-35(22-33)32-49)38-26-44(52-17-12-7-2)46(54-19-14-9-4)28-40(38)41-29-47(55-20-15-10-5)45(27-39(37)41)53-18-13-8-3/h24-29,33-35H,6-23,30-32H2,1-5H3. The highest BCUT2D eigenvalue weighted by molar-refractivity contribution is 6.27. The summed E-state index contributed by atoms with van der Waals surface area (Å²) in [5, 5.41) is 6.33. The predicted molar refractivity (Wildman–Crippen MR) is 226 cm³/mol. The van der Waals surface area contributed by atoms with Crippen molar-refractivity contribution in [2.75, 3.05) is 33.0 Å². The van der Waals surface area contributed by atoms with E-state index in [1.54, 1.807) is 0 Å². The van der Waals surface area contributed by atoms with Crippen LogP contribution in [-0.4, -0.2) is 38.8 Å². The van der Waals surface area contributed by atoms with Crippen LogP contribution in [0, 0.1) is 23.2 Å². The van der Waals surface area contributed by atoms with Crippen LogP contribution in [0.3, 0.4) is 0 Å². The number of ether oxygens (including phenoxy) is 5. The van der Waals surface area contributed by atoms with Gasteiger partial charge in [-0.2, -0.15) is 0 Å². The van der Waals surface area contributed by atoms with Crippen LogP contribution >= 0.6 is 0 Å². The summed E-state index contributed by atoms with van der Waals surface area (Å²) in [6.07, 6.45) is 17.0. The second-order valence-electron chi connectivity index (χ2n) is 17.1. The predicted octanol–water partition coefficient (Wildman–Crippen LogP) is 13.4. The molecule has 4 saturated carbocycles. The van der Waals surface area contributed by atoms with Gasteiger partial charge in [-0.15, -0.1) is 0 Å². The molecule has 0 heterocycles. The van der Waals surface area contributed by atoms with Crippen LogP contribution in [0.4, 0.5) is 0 Å². The monoisotopic (exact) mass is 750 g/mol. The molecule has 4 fully saturated rings. The van der Waals surface area contributed by atoms with E-state index >= 15 is 4.79 Å². The lowest BCUT2D eigenvalue weighted by atomic mass is 9.48. The molecular formula is C49H66O6. The van der Waals surface area contributed by atoms with Gasteiger partial charge in [0.25, 0.3) is 0 Å². The number of Topliss-reactive ketones (excluding diaryl/α,β-unsaturated/α-hetero) is 1. The second-order valence-corrected chi connectivity index (χ2v) is 17.1. The van der Waals surface area contributed by atoms with Crippen LogP contribution in [0.25, 0.3) is 32.3 Å². The molecular weight excluding hydrogens is 685 g/mol. The zero-order valence-electron chi connectivity index (χ0n) is 34.5. The zero-order chi connectivity index (χ0) is 38.4. The summed E-state index contributed by atoms with van der Waals surface area (Å²) in [5.74, 6) is 6.11. The minimum Gasteiger partial charge on any atom is -0.493 e. The maximum atomic E-state index is 15.2. The lowest BCUT2D eigenvalue weighted by Gasteiger charge is -2.56. The average molecular weight is 751 g/mol. The van der Waals surface area contributed by atoms with Crippen molar-refractivity contribution in [2.45, 2.75) is 137 Å². The molecule has 0 amide bonds. The Bertz CT molecular complexity index is 1860. The Morgan fingerprint density at radius 2 is 0.727 bits per heavy atom. The molecule has 298 valence electrons. The lowest BCUT2D eigenvalue weighted by Crippen LogP contribution is -2.50. The molecule has 6 heteroatoms. The van der Waals surface area contributed by atoms with E-state index in [1.165, 1.54) is 19.3 Å². The minimum absolute atomic E-state index is 0.280. The van der Waals surface area contributed by atoms with Crippen LogP contribution in [0.1, 0.15) is 148 Å². The Morgan fingerprint density at radius 1 is 0.455 bits per heavy atom. The van der Waals surface area contributed by atoms with E-state index in [9.17, 15) is 0 Å².